The number of anilines is 1. The molecule has 108 valence electrons. The molecule has 4 N–H and O–H groups in total. The van der Waals surface area contributed by atoms with Crippen molar-refractivity contribution in [2.45, 2.75) is 18.9 Å². The lowest BCUT2D eigenvalue weighted by Gasteiger charge is -2.14. The van der Waals surface area contributed by atoms with Crippen LogP contribution in [0.15, 0.2) is 18.3 Å². The van der Waals surface area contributed by atoms with Gasteiger partial charge in [-0.05, 0) is 18.6 Å². The maximum absolute atomic E-state index is 11.9. The van der Waals surface area contributed by atoms with Crippen molar-refractivity contribution in [1.29, 1.82) is 0 Å². The van der Waals surface area contributed by atoms with E-state index in [4.69, 9.17) is 10.8 Å². The van der Waals surface area contributed by atoms with E-state index in [0.717, 1.165) is 0 Å². The van der Waals surface area contributed by atoms with E-state index in [0.29, 0.717) is 0 Å². The number of carbonyl (C=O) groups is 3. The van der Waals surface area contributed by atoms with Gasteiger partial charge in [0.1, 0.15) is 6.04 Å². The number of esters is 1. The molecule has 8 nitrogen and oxygen atoms in total. The Kier molecular flexibility index (Phi) is 5.45. The first-order valence-corrected chi connectivity index (χ1v) is 5.76. The Hall–Kier alpha value is -2.64. The molecule has 1 atom stereocenters. The van der Waals surface area contributed by atoms with Crippen molar-refractivity contribution in [3.05, 3.63) is 24.0 Å². The highest BCUT2D eigenvalue weighted by atomic mass is 16.5. The molecular formula is C12H15N3O5. The number of rotatable bonds is 6. The molecule has 1 amide bonds. The molecule has 0 unspecified atom stereocenters. The lowest BCUT2D eigenvalue weighted by molar-refractivity contribution is -0.142. The lowest BCUT2D eigenvalue weighted by Crippen LogP contribution is -2.41. The number of nitrogens with zero attached hydrogens (tertiary/aromatic N) is 1. The largest absolute Gasteiger partial charge is 0.480 e. The van der Waals surface area contributed by atoms with Gasteiger partial charge in [-0.2, -0.15) is 0 Å². The van der Waals surface area contributed by atoms with E-state index >= 15 is 0 Å². The van der Waals surface area contributed by atoms with E-state index in [-0.39, 0.29) is 24.2 Å². The quantitative estimate of drug-likeness (QED) is 0.615. The molecule has 0 saturated carbocycles. The standard InChI is InChI=1S/C12H15N3O5/c1-20-9(16)5-4-8(12(18)19)15-11(17)10-7(13)3-2-6-14-10/h2-3,6,8H,4-5,13H2,1H3,(H,15,17)(H,18,19)/t8-/m0/s1. The third-order valence-corrected chi connectivity index (χ3v) is 2.52. The Morgan fingerprint density at radius 3 is 2.75 bits per heavy atom. The van der Waals surface area contributed by atoms with E-state index in [2.05, 4.69) is 15.0 Å². The van der Waals surface area contributed by atoms with E-state index in [1.54, 1.807) is 6.07 Å². The zero-order valence-electron chi connectivity index (χ0n) is 10.8. The van der Waals surface area contributed by atoms with Crippen molar-refractivity contribution in [3.63, 3.8) is 0 Å². The van der Waals surface area contributed by atoms with Gasteiger partial charge in [-0.1, -0.05) is 0 Å². The smallest absolute Gasteiger partial charge is 0.326 e. The van der Waals surface area contributed by atoms with Crippen LogP contribution in [0.3, 0.4) is 0 Å². The zero-order chi connectivity index (χ0) is 15.1. The minimum absolute atomic E-state index is 0.0585. The molecule has 1 aromatic heterocycles. The number of nitrogens with one attached hydrogen (secondary N) is 1. The summed E-state index contributed by atoms with van der Waals surface area (Å²) in [6.07, 6.45) is 1.17. The number of aromatic nitrogens is 1. The minimum Gasteiger partial charge on any atom is -0.480 e. The number of amides is 1. The zero-order valence-corrected chi connectivity index (χ0v) is 10.8. The van der Waals surface area contributed by atoms with Gasteiger partial charge in [0.15, 0.2) is 5.69 Å². The average Bonchev–Trinajstić information content (AvgIpc) is 2.42. The topological polar surface area (TPSA) is 132 Å². The predicted octanol–water partition coefficient (Wildman–Crippen LogP) is -0.200. The SMILES string of the molecule is COC(=O)CC[C@H](NC(=O)c1ncccc1N)C(=O)O. The van der Waals surface area contributed by atoms with Gasteiger partial charge < -0.3 is 20.9 Å². The van der Waals surface area contributed by atoms with Gasteiger partial charge in [-0.3, -0.25) is 9.59 Å². The van der Waals surface area contributed by atoms with E-state index < -0.39 is 23.9 Å². The number of carboxylic acids is 1. The van der Waals surface area contributed by atoms with Crippen LogP contribution in [0.4, 0.5) is 5.69 Å². The van der Waals surface area contributed by atoms with Crippen LogP contribution >= 0.6 is 0 Å². The summed E-state index contributed by atoms with van der Waals surface area (Å²) in [6.45, 7) is 0. The summed E-state index contributed by atoms with van der Waals surface area (Å²) < 4.78 is 4.41. The Morgan fingerprint density at radius 1 is 1.50 bits per heavy atom. The average molecular weight is 281 g/mol. The number of nitrogens with two attached hydrogens (primary N) is 1. The molecular weight excluding hydrogens is 266 g/mol. The molecule has 0 aromatic carbocycles. The van der Waals surface area contributed by atoms with Crippen LogP contribution in [-0.2, 0) is 14.3 Å². The molecule has 20 heavy (non-hydrogen) atoms. The maximum atomic E-state index is 11.9. The molecule has 0 radical (unpaired) electrons. The normalized spacial score (nSPS) is 11.4. The Labute approximate surface area is 114 Å². The van der Waals surface area contributed by atoms with Gasteiger partial charge in [0.2, 0.25) is 0 Å². The van der Waals surface area contributed by atoms with Gasteiger partial charge in [-0.15, -0.1) is 0 Å². The second-order valence-electron chi connectivity index (χ2n) is 3.92. The summed E-state index contributed by atoms with van der Waals surface area (Å²) in [4.78, 5) is 37.7. The maximum Gasteiger partial charge on any atom is 0.326 e. The number of pyridine rings is 1. The molecule has 1 aromatic rings. The van der Waals surface area contributed by atoms with Gasteiger partial charge >= 0.3 is 11.9 Å². The van der Waals surface area contributed by atoms with E-state index in [1.165, 1.54) is 19.4 Å². The Balaban J connectivity index is 2.71. The summed E-state index contributed by atoms with van der Waals surface area (Å²) in [6, 6.07) is 1.81. The van der Waals surface area contributed by atoms with Crippen LogP contribution < -0.4 is 11.1 Å². The molecule has 0 saturated heterocycles. The molecule has 8 heteroatoms. The van der Waals surface area contributed by atoms with Crippen molar-refractivity contribution in [2.24, 2.45) is 0 Å². The van der Waals surface area contributed by atoms with Crippen LogP contribution in [0.1, 0.15) is 23.3 Å². The molecule has 0 fully saturated rings. The molecule has 0 aliphatic carbocycles. The van der Waals surface area contributed by atoms with Crippen LogP contribution in [0.25, 0.3) is 0 Å². The first kappa shape index (κ1) is 15.4. The van der Waals surface area contributed by atoms with Crippen LogP contribution in [0.2, 0.25) is 0 Å². The highest BCUT2D eigenvalue weighted by molar-refractivity contribution is 5.99. The number of ether oxygens (including phenoxy) is 1. The first-order chi connectivity index (χ1) is 9.45. The summed E-state index contributed by atoms with van der Waals surface area (Å²) >= 11 is 0. The predicted molar refractivity (Wildman–Crippen MR) is 68.8 cm³/mol. The third kappa shape index (κ3) is 4.23. The van der Waals surface area contributed by atoms with Crippen LogP contribution in [0, 0.1) is 0 Å². The fourth-order valence-electron chi connectivity index (χ4n) is 1.46. The number of carbonyl (C=O) groups excluding carboxylic acids is 2. The number of aliphatic carboxylic acids is 1. The second kappa shape index (κ2) is 7.07. The second-order valence-corrected chi connectivity index (χ2v) is 3.92. The van der Waals surface area contributed by atoms with Crippen LogP contribution in [-0.4, -0.2) is 41.1 Å². The van der Waals surface area contributed by atoms with Crippen molar-refractivity contribution >= 4 is 23.5 Å². The Morgan fingerprint density at radius 2 is 2.20 bits per heavy atom. The third-order valence-electron chi connectivity index (χ3n) is 2.52. The van der Waals surface area contributed by atoms with Gasteiger partial charge in [0.05, 0.1) is 12.8 Å². The number of hydrogen-bond donors (Lipinski definition) is 3. The van der Waals surface area contributed by atoms with Gasteiger partial charge in [0.25, 0.3) is 5.91 Å². The summed E-state index contributed by atoms with van der Waals surface area (Å²) in [5, 5.41) is 11.3. The van der Waals surface area contributed by atoms with Crippen molar-refractivity contribution in [2.75, 3.05) is 12.8 Å². The number of carboxylic acid groups (broad SMARTS) is 1. The summed E-state index contributed by atoms with van der Waals surface area (Å²) in [7, 11) is 1.20. The van der Waals surface area contributed by atoms with Gasteiger partial charge in [-0.25, -0.2) is 9.78 Å². The highest BCUT2D eigenvalue weighted by Gasteiger charge is 2.23. The Bertz CT molecular complexity index is 518. The molecule has 1 rings (SSSR count). The number of methoxy groups -OCH3 is 1. The highest BCUT2D eigenvalue weighted by Crippen LogP contribution is 2.08. The molecule has 0 aliphatic rings. The summed E-state index contributed by atoms with van der Waals surface area (Å²) in [5.41, 5.74) is 5.65. The fraction of sp³-hybridized carbons (Fsp3) is 0.333. The monoisotopic (exact) mass is 281 g/mol. The molecule has 1 heterocycles. The van der Waals surface area contributed by atoms with Crippen molar-refractivity contribution in [1.82, 2.24) is 10.3 Å². The number of nitrogen functional groups attached to an aromatic ring is 1. The number of hydrogen-bond acceptors (Lipinski definition) is 6. The van der Waals surface area contributed by atoms with Crippen molar-refractivity contribution < 1.29 is 24.2 Å². The van der Waals surface area contributed by atoms with Crippen LogP contribution in [0.5, 0.6) is 0 Å². The lowest BCUT2D eigenvalue weighted by atomic mass is 10.1. The fourth-order valence-corrected chi connectivity index (χ4v) is 1.46. The summed E-state index contributed by atoms with van der Waals surface area (Å²) in [5.74, 6) is -2.51. The molecule has 0 spiro atoms. The van der Waals surface area contributed by atoms with Gasteiger partial charge in [0, 0.05) is 12.6 Å². The molecule has 0 aliphatic heterocycles. The minimum atomic E-state index is -1.25. The molecule has 0 bridgehead atoms. The van der Waals surface area contributed by atoms with Crippen molar-refractivity contribution in [3.8, 4) is 0 Å². The van der Waals surface area contributed by atoms with E-state index in [9.17, 15) is 14.4 Å². The van der Waals surface area contributed by atoms with E-state index in [1.807, 2.05) is 0 Å². The first-order valence-electron chi connectivity index (χ1n) is 5.76.